The van der Waals surface area contributed by atoms with Crippen LogP contribution in [0.25, 0.3) is 0 Å². The minimum absolute atomic E-state index is 0.228. The molecule has 1 rings (SSSR count). The monoisotopic (exact) mass is 197 g/mol. The molecule has 6 nitrogen and oxygen atoms in total. The Morgan fingerprint density at radius 3 is 2.64 bits per heavy atom. The smallest absolute Gasteiger partial charge is 0.196 e. The highest BCUT2D eigenvalue weighted by Crippen LogP contribution is 2.07. The van der Waals surface area contributed by atoms with E-state index < -0.39 is 6.23 Å². The summed E-state index contributed by atoms with van der Waals surface area (Å²) < 4.78 is 0. The molecular formula is C8H15N5O. The number of hydrazine groups is 1. The average molecular weight is 197 g/mol. The first-order chi connectivity index (χ1) is 6.69. The van der Waals surface area contributed by atoms with E-state index in [2.05, 4.69) is 15.2 Å². The Kier molecular flexibility index (Phi) is 3.87. The Morgan fingerprint density at radius 1 is 1.50 bits per heavy atom. The summed E-state index contributed by atoms with van der Waals surface area (Å²) in [6, 6.07) is 0. The van der Waals surface area contributed by atoms with Gasteiger partial charge in [0, 0.05) is 6.54 Å². The number of aromatic nitrogens is 3. The summed E-state index contributed by atoms with van der Waals surface area (Å²) in [6.07, 6.45) is 1.38. The number of nitrogens with two attached hydrogens (primary N) is 1. The van der Waals surface area contributed by atoms with Crippen LogP contribution in [0.3, 0.4) is 0 Å². The fraction of sp³-hybridized carbons (Fsp3) is 0.625. The summed E-state index contributed by atoms with van der Waals surface area (Å²) in [7, 11) is 0. The molecule has 1 unspecified atom stereocenters. The van der Waals surface area contributed by atoms with E-state index in [9.17, 15) is 5.11 Å². The molecule has 0 aliphatic carbocycles. The van der Waals surface area contributed by atoms with Crippen molar-refractivity contribution in [2.75, 3.05) is 6.54 Å². The Balaban J connectivity index is 2.75. The molecule has 0 aromatic carbocycles. The molecule has 0 fully saturated rings. The number of rotatable bonds is 4. The largest absolute Gasteiger partial charge is 0.370 e. The van der Waals surface area contributed by atoms with E-state index in [0.29, 0.717) is 6.54 Å². The van der Waals surface area contributed by atoms with Crippen molar-refractivity contribution in [2.45, 2.75) is 26.5 Å². The van der Waals surface area contributed by atoms with Crippen LogP contribution < -0.4 is 5.84 Å². The predicted octanol–water partition coefficient (Wildman–Crippen LogP) is -0.380. The molecule has 6 heteroatoms. The molecule has 1 aromatic heterocycles. The first-order valence-corrected chi connectivity index (χ1v) is 4.56. The van der Waals surface area contributed by atoms with Crippen LogP contribution in [0.4, 0.5) is 0 Å². The predicted molar refractivity (Wildman–Crippen MR) is 50.7 cm³/mol. The lowest BCUT2D eigenvalue weighted by Crippen LogP contribution is -2.36. The lowest BCUT2D eigenvalue weighted by atomic mass is 10.4. The van der Waals surface area contributed by atoms with Crippen molar-refractivity contribution in [2.24, 2.45) is 5.84 Å². The number of aliphatic hydroxyl groups excluding tert-OH is 1. The van der Waals surface area contributed by atoms with Gasteiger partial charge in [-0.05, 0) is 6.42 Å². The van der Waals surface area contributed by atoms with Gasteiger partial charge in [-0.3, -0.25) is 5.84 Å². The fourth-order valence-electron chi connectivity index (χ4n) is 0.909. The number of hydrogen-bond donors (Lipinski definition) is 2. The van der Waals surface area contributed by atoms with Gasteiger partial charge in [-0.25, -0.2) is 9.99 Å². The van der Waals surface area contributed by atoms with E-state index >= 15 is 0 Å². The van der Waals surface area contributed by atoms with Gasteiger partial charge in [0.1, 0.15) is 0 Å². The standard InChI is InChI=1S/C8H15N5O/c1-3-6-5-10-7(12-11-6)8(14)13(9)4-2/h5,8,14H,3-4,9H2,1-2H3. The fourth-order valence-corrected chi connectivity index (χ4v) is 0.909. The maximum Gasteiger partial charge on any atom is 0.196 e. The lowest BCUT2D eigenvalue weighted by Gasteiger charge is -2.18. The van der Waals surface area contributed by atoms with Gasteiger partial charge in [-0.1, -0.05) is 13.8 Å². The SMILES string of the molecule is CCc1cnc(C(O)N(N)CC)nn1. The molecule has 0 saturated heterocycles. The van der Waals surface area contributed by atoms with Crippen LogP contribution >= 0.6 is 0 Å². The van der Waals surface area contributed by atoms with Crippen LogP contribution in [0.5, 0.6) is 0 Å². The highest BCUT2D eigenvalue weighted by Gasteiger charge is 2.15. The molecule has 0 bridgehead atoms. The third-order valence-electron chi connectivity index (χ3n) is 1.90. The zero-order valence-corrected chi connectivity index (χ0v) is 8.38. The topological polar surface area (TPSA) is 88.2 Å². The molecule has 3 N–H and O–H groups in total. The van der Waals surface area contributed by atoms with Gasteiger partial charge < -0.3 is 5.11 Å². The van der Waals surface area contributed by atoms with E-state index in [1.165, 1.54) is 5.01 Å². The summed E-state index contributed by atoms with van der Waals surface area (Å²) in [5.74, 6) is 5.72. The molecule has 1 aromatic rings. The molecule has 1 atom stereocenters. The third-order valence-corrected chi connectivity index (χ3v) is 1.90. The Labute approximate surface area is 82.7 Å². The molecule has 0 aliphatic rings. The maximum atomic E-state index is 9.59. The van der Waals surface area contributed by atoms with E-state index in [-0.39, 0.29) is 5.82 Å². The summed E-state index contributed by atoms with van der Waals surface area (Å²) in [6.45, 7) is 4.31. The van der Waals surface area contributed by atoms with Crippen molar-refractivity contribution in [3.8, 4) is 0 Å². The van der Waals surface area contributed by atoms with Gasteiger partial charge in [0.25, 0.3) is 0 Å². The number of nitrogens with zero attached hydrogens (tertiary/aromatic N) is 4. The van der Waals surface area contributed by atoms with Crippen molar-refractivity contribution in [3.05, 3.63) is 17.7 Å². The Bertz CT molecular complexity index is 276. The van der Waals surface area contributed by atoms with Crippen molar-refractivity contribution >= 4 is 0 Å². The second-order valence-electron chi connectivity index (χ2n) is 2.87. The van der Waals surface area contributed by atoms with Crippen molar-refractivity contribution in [3.63, 3.8) is 0 Å². The second-order valence-corrected chi connectivity index (χ2v) is 2.87. The van der Waals surface area contributed by atoms with Gasteiger partial charge in [0.2, 0.25) is 0 Å². The van der Waals surface area contributed by atoms with Crippen molar-refractivity contribution in [1.82, 2.24) is 20.2 Å². The van der Waals surface area contributed by atoms with Gasteiger partial charge in [-0.15, -0.1) is 5.10 Å². The maximum absolute atomic E-state index is 9.59. The summed E-state index contributed by atoms with van der Waals surface area (Å²) in [5, 5.41) is 18.5. The summed E-state index contributed by atoms with van der Waals surface area (Å²) in [5.41, 5.74) is 0.793. The highest BCUT2D eigenvalue weighted by atomic mass is 16.3. The van der Waals surface area contributed by atoms with Crippen LogP contribution in [0.15, 0.2) is 6.20 Å². The molecule has 78 valence electrons. The van der Waals surface area contributed by atoms with Gasteiger partial charge in [-0.2, -0.15) is 5.10 Å². The lowest BCUT2D eigenvalue weighted by molar-refractivity contribution is -0.00320. The van der Waals surface area contributed by atoms with Crippen molar-refractivity contribution < 1.29 is 5.11 Å². The second kappa shape index (κ2) is 4.94. The molecule has 0 spiro atoms. The average Bonchev–Trinajstić information content (AvgIpc) is 2.27. The van der Waals surface area contributed by atoms with Crippen LogP contribution in [0.1, 0.15) is 31.6 Å². The van der Waals surface area contributed by atoms with Crippen molar-refractivity contribution in [1.29, 1.82) is 0 Å². The zero-order chi connectivity index (χ0) is 10.6. The number of aliphatic hydroxyl groups is 1. The number of hydrogen-bond acceptors (Lipinski definition) is 6. The van der Waals surface area contributed by atoms with E-state index in [1.54, 1.807) is 6.20 Å². The third kappa shape index (κ3) is 2.44. The van der Waals surface area contributed by atoms with E-state index in [0.717, 1.165) is 12.1 Å². The molecule has 0 amide bonds. The minimum atomic E-state index is -0.988. The minimum Gasteiger partial charge on any atom is -0.370 e. The Morgan fingerprint density at radius 2 is 2.21 bits per heavy atom. The van der Waals surface area contributed by atoms with Crippen LogP contribution in [-0.4, -0.2) is 31.8 Å². The highest BCUT2D eigenvalue weighted by molar-refractivity contribution is 4.95. The normalized spacial score (nSPS) is 13.2. The van der Waals surface area contributed by atoms with Crippen LogP contribution in [-0.2, 0) is 6.42 Å². The molecule has 1 heterocycles. The molecule has 0 radical (unpaired) electrons. The quantitative estimate of drug-likeness (QED) is 0.388. The summed E-state index contributed by atoms with van der Waals surface area (Å²) in [4.78, 5) is 3.97. The van der Waals surface area contributed by atoms with Crippen LogP contribution in [0.2, 0.25) is 0 Å². The zero-order valence-electron chi connectivity index (χ0n) is 8.38. The van der Waals surface area contributed by atoms with Gasteiger partial charge in [0.15, 0.2) is 12.1 Å². The molecule has 0 saturated carbocycles. The first-order valence-electron chi connectivity index (χ1n) is 4.56. The van der Waals surface area contributed by atoms with Crippen LogP contribution in [0, 0.1) is 0 Å². The number of aryl methyl sites for hydroxylation is 1. The van der Waals surface area contributed by atoms with Gasteiger partial charge >= 0.3 is 0 Å². The first kappa shape index (κ1) is 11.0. The van der Waals surface area contributed by atoms with E-state index in [4.69, 9.17) is 5.84 Å². The Hall–Kier alpha value is -1.11. The molecule has 0 aliphatic heterocycles. The molecule has 14 heavy (non-hydrogen) atoms. The van der Waals surface area contributed by atoms with Gasteiger partial charge in [0.05, 0.1) is 11.9 Å². The summed E-state index contributed by atoms with van der Waals surface area (Å²) >= 11 is 0. The van der Waals surface area contributed by atoms with E-state index in [1.807, 2.05) is 13.8 Å². The molecular weight excluding hydrogens is 182 g/mol.